The molecule has 2 N–H and O–H groups in total. The van der Waals surface area contributed by atoms with Gasteiger partial charge in [-0.1, -0.05) is 43.2 Å². The smallest absolute Gasteiger partial charge is 0.191 e. The lowest BCUT2D eigenvalue weighted by Crippen LogP contribution is -2.39. The summed E-state index contributed by atoms with van der Waals surface area (Å²) in [6.45, 7) is 4.77. The minimum absolute atomic E-state index is 0. The first-order valence-corrected chi connectivity index (χ1v) is 10.3. The Kier molecular flexibility index (Phi) is 9.28. The molecule has 1 aliphatic carbocycles. The minimum Gasteiger partial charge on any atom is -0.357 e. The third-order valence-corrected chi connectivity index (χ3v) is 5.52. The monoisotopic (exact) mass is 495 g/mol. The van der Waals surface area contributed by atoms with E-state index in [9.17, 15) is 0 Å². The molecule has 1 aromatic heterocycles. The molecule has 1 saturated carbocycles. The van der Waals surface area contributed by atoms with E-state index in [2.05, 4.69) is 59.2 Å². The van der Waals surface area contributed by atoms with Crippen LogP contribution in [-0.2, 0) is 18.9 Å². The molecule has 0 amide bonds. The standard InChI is InChI=1S/C22H33N5.HI/c1-3-23-21(24-15-9-10-19-16-26-27(2)17-19)25-18-22(13-7-8-14-22)20-11-5-4-6-12-20;/h4-6,11-12,16-17H,3,7-10,13-15,18H2,1-2H3,(H2,23,24,25);1H. The van der Waals surface area contributed by atoms with Gasteiger partial charge in [0, 0.05) is 31.7 Å². The molecule has 0 spiro atoms. The van der Waals surface area contributed by atoms with E-state index >= 15 is 0 Å². The normalized spacial score (nSPS) is 15.9. The molecule has 1 aromatic carbocycles. The first-order chi connectivity index (χ1) is 13.2. The van der Waals surface area contributed by atoms with Crippen LogP contribution in [0.5, 0.6) is 0 Å². The van der Waals surface area contributed by atoms with E-state index in [4.69, 9.17) is 4.99 Å². The summed E-state index contributed by atoms with van der Waals surface area (Å²) in [5.74, 6) is 0.936. The van der Waals surface area contributed by atoms with Crippen LogP contribution in [0.15, 0.2) is 47.7 Å². The van der Waals surface area contributed by atoms with Crippen molar-refractivity contribution in [2.75, 3.05) is 19.6 Å². The summed E-state index contributed by atoms with van der Waals surface area (Å²) in [5.41, 5.74) is 2.94. The van der Waals surface area contributed by atoms with Crippen molar-refractivity contribution < 1.29 is 0 Å². The third-order valence-electron chi connectivity index (χ3n) is 5.52. The summed E-state index contributed by atoms with van der Waals surface area (Å²) in [4.78, 5) is 4.97. The third kappa shape index (κ3) is 6.22. The maximum absolute atomic E-state index is 4.97. The number of aliphatic imine (C=N–C) groups is 1. The molecule has 0 aliphatic heterocycles. The number of benzene rings is 1. The van der Waals surface area contributed by atoms with E-state index in [1.165, 1.54) is 36.8 Å². The lowest BCUT2D eigenvalue weighted by Gasteiger charge is -2.28. The van der Waals surface area contributed by atoms with Crippen molar-refractivity contribution in [3.05, 3.63) is 53.9 Å². The SMILES string of the molecule is CCNC(=NCC1(c2ccccc2)CCCC1)NCCCc1cnn(C)c1.I. The van der Waals surface area contributed by atoms with Crippen LogP contribution < -0.4 is 10.6 Å². The van der Waals surface area contributed by atoms with Gasteiger partial charge in [-0.2, -0.15) is 5.10 Å². The van der Waals surface area contributed by atoms with Gasteiger partial charge in [-0.15, -0.1) is 24.0 Å². The van der Waals surface area contributed by atoms with Crippen LogP contribution in [0.25, 0.3) is 0 Å². The zero-order chi connectivity index (χ0) is 19.0. The molecule has 0 radical (unpaired) electrons. The Balaban J connectivity index is 0.00000280. The molecule has 3 rings (SSSR count). The number of hydrogen-bond donors (Lipinski definition) is 2. The summed E-state index contributed by atoms with van der Waals surface area (Å²) < 4.78 is 1.86. The van der Waals surface area contributed by atoms with Gasteiger partial charge in [-0.25, -0.2) is 0 Å². The first-order valence-electron chi connectivity index (χ1n) is 10.3. The fourth-order valence-electron chi connectivity index (χ4n) is 4.05. The zero-order valence-electron chi connectivity index (χ0n) is 17.2. The molecule has 0 atom stereocenters. The number of aromatic nitrogens is 2. The second kappa shape index (κ2) is 11.4. The van der Waals surface area contributed by atoms with Crippen molar-refractivity contribution >= 4 is 29.9 Å². The molecular weight excluding hydrogens is 461 g/mol. The Morgan fingerprint density at radius 2 is 1.93 bits per heavy atom. The van der Waals surface area contributed by atoms with Gasteiger partial charge in [0.1, 0.15) is 0 Å². The molecule has 2 aromatic rings. The Morgan fingerprint density at radius 1 is 1.18 bits per heavy atom. The van der Waals surface area contributed by atoms with Gasteiger partial charge in [0.2, 0.25) is 0 Å². The fourth-order valence-corrected chi connectivity index (χ4v) is 4.05. The maximum Gasteiger partial charge on any atom is 0.191 e. The fraction of sp³-hybridized carbons (Fsp3) is 0.545. The number of nitrogens with one attached hydrogen (secondary N) is 2. The summed E-state index contributed by atoms with van der Waals surface area (Å²) >= 11 is 0. The average Bonchev–Trinajstić information content (AvgIpc) is 3.34. The lowest BCUT2D eigenvalue weighted by atomic mass is 9.79. The largest absolute Gasteiger partial charge is 0.357 e. The van der Waals surface area contributed by atoms with Crippen molar-refractivity contribution in [3.8, 4) is 0 Å². The first kappa shape index (κ1) is 22.7. The highest BCUT2D eigenvalue weighted by Gasteiger charge is 2.35. The van der Waals surface area contributed by atoms with Gasteiger partial charge < -0.3 is 10.6 Å². The summed E-state index contributed by atoms with van der Waals surface area (Å²) in [6.07, 6.45) is 11.2. The van der Waals surface area contributed by atoms with E-state index < -0.39 is 0 Å². The summed E-state index contributed by atoms with van der Waals surface area (Å²) in [6, 6.07) is 11.0. The molecule has 0 bridgehead atoms. The molecule has 1 fully saturated rings. The van der Waals surface area contributed by atoms with Crippen LogP contribution >= 0.6 is 24.0 Å². The number of nitrogens with zero attached hydrogens (tertiary/aromatic N) is 3. The van der Waals surface area contributed by atoms with E-state index in [0.717, 1.165) is 38.4 Å². The van der Waals surface area contributed by atoms with E-state index in [0.29, 0.717) is 0 Å². The van der Waals surface area contributed by atoms with Gasteiger partial charge in [0.05, 0.1) is 12.7 Å². The summed E-state index contributed by atoms with van der Waals surface area (Å²) in [7, 11) is 1.96. The predicted molar refractivity (Wildman–Crippen MR) is 128 cm³/mol. The molecule has 5 nitrogen and oxygen atoms in total. The van der Waals surface area contributed by atoms with Gasteiger partial charge in [-0.05, 0) is 43.7 Å². The predicted octanol–water partition coefficient (Wildman–Crippen LogP) is 4.04. The Bertz CT molecular complexity index is 720. The number of guanidine groups is 1. The van der Waals surface area contributed by atoms with Crippen LogP contribution in [0, 0.1) is 0 Å². The summed E-state index contributed by atoms with van der Waals surface area (Å²) in [5, 5.41) is 11.1. The second-order valence-electron chi connectivity index (χ2n) is 7.60. The van der Waals surface area contributed by atoms with Crippen LogP contribution in [0.1, 0.15) is 50.2 Å². The molecule has 0 unspecified atom stereocenters. The van der Waals surface area contributed by atoms with E-state index in [1.807, 2.05) is 17.9 Å². The van der Waals surface area contributed by atoms with Crippen LogP contribution in [-0.4, -0.2) is 35.4 Å². The highest BCUT2D eigenvalue weighted by atomic mass is 127. The van der Waals surface area contributed by atoms with E-state index in [-0.39, 0.29) is 29.4 Å². The van der Waals surface area contributed by atoms with Crippen LogP contribution in [0.3, 0.4) is 0 Å². The number of hydrogen-bond acceptors (Lipinski definition) is 2. The minimum atomic E-state index is 0. The van der Waals surface area contributed by atoms with Crippen molar-refractivity contribution in [2.24, 2.45) is 12.0 Å². The molecular formula is C22H34IN5. The lowest BCUT2D eigenvalue weighted by molar-refractivity contribution is 0.452. The van der Waals surface area contributed by atoms with Crippen molar-refractivity contribution in [1.82, 2.24) is 20.4 Å². The van der Waals surface area contributed by atoms with Gasteiger partial charge in [-0.3, -0.25) is 9.67 Å². The van der Waals surface area contributed by atoms with Crippen molar-refractivity contribution in [1.29, 1.82) is 0 Å². The highest BCUT2D eigenvalue weighted by Crippen LogP contribution is 2.41. The second-order valence-corrected chi connectivity index (χ2v) is 7.60. The molecule has 6 heteroatoms. The average molecular weight is 495 g/mol. The zero-order valence-corrected chi connectivity index (χ0v) is 19.5. The Morgan fingerprint density at radius 3 is 2.57 bits per heavy atom. The number of halogens is 1. The molecule has 1 heterocycles. The molecule has 0 saturated heterocycles. The van der Waals surface area contributed by atoms with Gasteiger partial charge in [0.25, 0.3) is 0 Å². The topological polar surface area (TPSA) is 54.2 Å². The maximum atomic E-state index is 4.97. The number of aryl methyl sites for hydroxylation is 2. The highest BCUT2D eigenvalue weighted by molar-refractivity contribution is 14.0. The van der Waals surface area contributed by atoms with Gasteiger partial charge >= 0.3 is 0 Å². The van der Waals surface area contributed by atoms with Gasteiger partial charge in [0.15, 0.2) is 5.96 Å². The van der Waals surface area contributed by atoms with E-state index in [1.54, 1.807) is 0 Å². The molecule has 28 heavy (non-hydrogen) atoms. The molecule has 154 valence electrons. The Hall–Kier alpha value is -1.57. The number of rotatable bonds is 8. The van der Waals surface area contributed by atoms with Crippen molar-refractivity contribution in [3.63, 3.8) is 0 Å². The molecule has 1 aliphatic rings. The van der Waals surface area contributed by atoms with Crippen LogP contribution in [0.4, 0.5) is 0 Å². The Labute approximate surface area is 186 Å². The van der Waals surface area contributed by atoms with Crippen LogP contribution in [0.2, 0.25) is 0 Å². The quantitative estimate of drug-likeness (QED) is 0.252. The van der Waals surface area contributed by atoms with Crippen molar-refractivity contribution in [2.45, 2.75) is 50.9 Å².